The molecule has 0 atom stereocenters. The second kappa shape index (κ2) is 10.4. The molecule has 0 saturated heterocycles. The maximum absolute atomic E-state index is 12.9. The normalized spacial score (nSPS) is 12.8. The van der Waals surface area contributed by atoms with E-state index in [0.717, 1.165) is 29.5 Å². The van der Waals surface area contributed by atoms with Crippen LogP contribution < -0.4 is 14.8 Å². The largest absolute Gasteiger partial charge is 0.463 e. The summed E-state index contributed by atoms with van der Waals surface area (Å²) in [7, 11) is 0. The third-order valence-electron chi connectivity index (χ3n) is 4.41. The summed E-state index contributed by atoms with van der Waals surface area (Å²) in [6.45, 7) is 6.09. The maximum atomic E-state index is 12.9. The standard InChI is InChI=1S/C21H23F3N2O4S/c1-4-25(5-2)17(27)13-26-18(12-19(28)30-6-3)31-16(20(26)29)11-14-7-9-15(10-8-14)21(22,23)24/h7-12H,4-6,13H2,1-3H3/b16-11-,18-12-. The van der Waals surface area contributed by atoms with E-state index in [1.165, 1.54) is 22.8 Å². The molecule has 6 nitrogen and oxygen atoms in total. The highest BCUT2D eigenvalue weighted by Crippen LogP contribution is 2.29. The first-order valence-electron chi connectivity index (χ1n) is 9.65. The summed E-state index contributed by atoms with van der Waals surface area (Å²) in [5, 5.41) is 0. The van der Waals surface area contributed by atoms with Crippen LogP contribution >= 0.6 is 11.3 Å². The number of alkyl halides is 3. The number of ether oxygens (including phenoxy) is 1. The van der Waals surface area contributed by atoms with Crippen LogP contribution in [-0.4, -0.2) is 41.0 Å². The molecule has 0 saturated carbocycles. The zero-order chi connectivity index (χ0) is 23.2. The van der Waals surface area contributed by atoms with E-state index < -0.39 is 23.3 Å². The van der Waals surface area contributed by atoms with E-state index in [1.807, 2.05) is 13.8 Å². The van der Waals surface area contributed by atoms with Crippen LogP contribution in [0.25, 0.3) is 12.2 Å². The Hall–Kier alpha value is -2.88. The van der Waals surface area contributed by atoms with Gasteiger partial charge in [0.25, 0.3) is 5.56 Å². The average Bonchev–Trinajstić information content (AvgIpc) is 2.97. The minimum atomic E-state index is -4.46. The van der Waals surface area contributed by atoms with Gasteiger partial charge >= 0.3 is 12.1 Å². The Morgan fingerprint density at radius 1 is 1.13 bits per heavy atom. The van der Waals surface area contributed by atoms with Gasteiger partial charge in [0, 0.05) is 13.1 Å². The third kappa shape index (κ3) is 6.30. The van der Waals surface area contributed by atoms with Crippen molar-refractivity contribution in [3.63, 3.8) is 0 Å². The Balaban J connectivity index is 2.55. The van der Waals surface area contributed by atoms with Crippen molar-refractivity contribution < 1.29 is 27.5 Å². The van der Waals surface area contributed by atoms with Crippen LogP contribution in [0, 0.1) is 0 Å². The van der Waals surface area contributed by atoms with Gasteiger partial charge < -0.3 is 9.64 Å². The number of rotatable bonds is 7. The molecule has 0 aliphatic carbocycles. The van der Waals surface area contributed by atoms with Crippen LogP contribution in [0.15, 0.2) is 29.1 Å². The van der Waals surface area contributed by atoms with Gasteiger partial charge in [-0.1, -0.05) is 12.1 Å². The summed E-state index contributed by atoms with van der Waals surface area (Å²) in [5.41, 5.74) is -0.924. The quantitative estimate of drug-likeness (QED) is 0.598. The number of carbonyl (C=O) groups is 2. The second-order valence-electron chi connectivity index (χ2n) is 6.42. The van der Waals surface area contributed by atoms with Crippen molar-refractivity contribution in [3.05, 3.63) is 54.9 Å². The lowest BCUT2D eigenvalue weighted by molar-refractivity contribution is -0.137. The summed E-state index contributed by atoms with van der Waals surface area (Å²) in [6.07, 6.45) is -1.90. The fourth-order valence-electron chi connectivity index (χ4n) is 2.81. The SMILES string of the molecule is CCOC(=O)/C=c1\s/c(=C\c2ccc(C(F)(F)F)cc2)c(=O)n1CC(=O)N(CC)CC. The number of halogens is 3. The molecule has 0 radical (unpaired) electrons. The molecule has 168 valence electrons. The number of benzene rings is 1. The fraction of sp³-hybridized carbons (Fsp3) is 0.381. The molecule has 0 spiro atoms. The van der Waals surface area contributed by atoms with E-state index in [1.54, 1.807) is 11.8 Å². The molecule has 0 fully saturated rings. The van der Waals surface area contributed by atoms with Crippen LogP contribution in [0.2, 0.25) is 0 Å². The molecule has 2 aromatic rings. The molecule has 0 N–H and O–H groups in total. The van der Waals surface area contributed by atoms with Crippen molar-refractivity contribution in [1.82, 2.24) is 9.47 Å². The molecule has 0 unspecified atom stereocenters. The van der Waals surface area contributed by atoms with Crippen molar-refractivity contribution in [1.29, 1.82) is 0 Å². The molecule has 31 heavy (non-hydrogen) atoms. The van der Waals surface area contributed by atoms with E-state index in [0.29, 0.717) is 18.7 Å². The number of hydrogen-bond acceptors (Lipinski definition) is 5. The van der Waals surface area contributed by atoms with E-state index in [2.05, 4.69) is 0 Å². The van der Waals surface area contributed by atoms with Gasteiger partial charge in [0.05, 0.1) is 22.8 Å². The van der Waals surface area contributed by atoms with Gasteiger partial charge in [0.15, 0.2) is 0 Å². The lowest BCUT2D eigenvalue weighted by atomic mass is 10.1. The Morgan fingerprint density at radius 2 is 1.74 bits per heavy atom. The van der Waals surface area contributed by atoms with Gasteiger partial charge in [0.1, 0.15) is 11.2 Å². The summed E-state index contributed by atoms with van der Waals surface area (Å²) in [5.74, 6) is -0.946. The molecular formula is C21H23F3N2O4S. The fourth-order valence-corrected chi connectivity index (χ4v) is 3.84. The zero-order valence-corrected chi connectivity index (χ0v) is 18.2. The van der Waals surface area contributed by atoms with Crippen molar-refractivity contribution in [2.75, 3.05) is 19.7 Å². The van der Waals surface area contributed by atoms with Crippen molar-refractivity contribution >= 4 is 35.4 Å². The van der Waals surface area contributed by atoms with Crippen LogP contribution in [0.4, 0.5) is 13.2 Å². The number of carbonyl (C=O) groups excluding carboxylic acids is 2. The Labute approximate surface area is 180 Å². The second-order valence-corrected chi connectivity index (χ2v) is 7.48. The minimum Gasteiger partial charge on any atom is -0.463 e. The Bertz CT molecular complexity index is 1100. The summed E-state index contributed by atoms with van der Waals surface area (Å²) >= 11 is 0.959. The van der Waals surface area contributed by atoms with Crippen molar-refractivity contribution in [3.8, 4) is 0 Å². The van der Waals surface area contributed by atoms with Crippen LogP contribution in [0.5, 0.6) is 0 Å². The third-order valence-corrected chi connectivity index (χ3v) is 5.47. The highest BCUT2D eigenvalue weighted by Gasteiger charge is 2.29. The number of hydrogen-bond donors (Lipinski definition) is 0. The summed E-state index contributed by atoms with van der Waals surface area (Å²) < 4.78 is 44.7. The molecule has 0 bridgehead atoms. The van der Waals surface area contributed by atoms with Crippen LogP contribution in [0.1, 0.15) is 31.9 Å². The zero-order valence-electron chi connectivity index (χ0n) is 17.4. The van der Waals surface area contributed by atoms with E-state index in [-0.39, 0.29) is 28.3 Å². The molecule has 1 heterocycles. The van der Waals surface area contributed by atoms with E-state index in [9.17, 15) is 27.6 Å². The molecule has 1 aromatic carbocycles. The topological polar surface area (TPSA) is 68.6 Å². The molecule has 1 aromatic heterocycles. The highest BCUT2D eigenvalue weighted by molar-refractivity contribution is 7.07. The molecule has 0 aliphatic rings. The number of aromatic nitrogens is 1. The lowest BCUT2D eigenvalue weighted by Gasteiger charge is -2.18. The lowest BCUT2D eigenvalue weighted by Crippen LogP contribution is -2.40. The predicted octanol–water partition coefficient (Wildman–Crippen LogP) is 1.97. The van der Waals surface area contributed by atoms with E-state index >= 15 is 0 Å². The highest BCUT2D eigenvalue weighted by atomic mass is 32.1. The molecule has 10 heteroatoms. The first-order chi connectivity index (χ1) is 14.6. The summed E-state index contributed by atoms with van der Waals surface area (Å²) in [6, 6.07) is 4.35. The Morgan fingerprint density at radius 3 is 2.26 bits per heavy atom. The predicted molar refractivity (Wildman–Crippen MR) is 112 cm³/mol. The van der Waals surface area contributed by atoms with Crippen LogP contribution in [-0.2, 0) is 27.0 Å². The molecule has 2 rings (SSSR count). The first-order valence-corrected chi connectivity index (χ1v) is 10.5. The van der Waals surface area contributed by atoms with Gasteiger partial charge in [-0.05, 0) is 44.5 Å². The number of likely N-dealkylation sites (N-methyl/N-ethyl adjacent to an activating group) is 1. The van der Waals surface area contributed by atoms with E-state index in [4.69, 9.17) is 4.74 Å². The average molecular weight is 456 g/mol. The number of nitrogens with zero attached hydrogens (tertiary/aromatic N) is 2. The summed E-state index contributed by atoms with van der Waals surface area (Å²) in [4.78, 5) is 38.9. The van der Waals surface area contributed by atoms with Crippen molar-refractivity contribution in [2.24, 2.45) is 0 Å². The Kier molecular flexibility index (Phi) is 8.21. The molecule has 1 amide bonds. The molecule has 0 aliphatic heterocycles. The first kappa shape index (κ1) is 24.4. The number of amides is 1. The monoisotopic (exact) mass is 456 g/mol. The van der Waals surface area contributed by atoms with Gasteiger partial charge in [-0.15, -0.1) is 11.3 Å². The minimum absolute atomic E-state index is 0.147. The van der Waals surface area contributed by atoms with Gasteiger partial charge in [-0.3, -0.25) is 14.2 Å². The molecular weight excluding hydrogens is 433 g/mol. The van der Waals surface area contributed by atoms with Crippen molar-refractivity contribution in [2.45, 2.75) is 33.5 Å². The van der Waals surface area contributed by atoms with Crippen LogP contribution in [0.3, 0.4) is 0 Å². The number of thiazole rings is 1. The van der Waals surface area contributed by atoms with Gasteiger partial charge in [0.2, 0.25) is 5.91 Å². The smallest absolute Gasteiger partial charge is 0.416 e. The van der Waals surface area contributed by atoms with Gasteiger partial charge in [-0.2, -0.15) is 13.2 Å². The maximum Gasteiger partial charge on any atom is 0.416 e. The number of esters is 1. The van der Waals surface area contributed by atoms with Gasteiger partial charge in [-0.25, -0.2) is 4.79 Å².